The van der Waals surface area contributed by atoms with Crippen molar-refractivity contribution in [2.45, 2.75) is 19.1 Å². The summed E-state index contributed by atoms with van der Waals surface area (Å²) >= 11 is 0. The van der Waals surface area contributed by atoms with Crippen molar-refractivity contribution >= 4 is 12.2 Å². The molecule has 1 aromatic carbocycles. The molecule has 0 unspecified atom stereocenters. The van der Waals surface area contributed by atoms with Crippen molar-refractivity contribution in [2.24, 2.45) is 0 Å². The van der Waals surface area contributed by atoms with Gasteiger partial charge in [0.05, 0.1) is 19.1 Å². The maximum Gasteiger partial charge on any atom is 0.207 e. The monoisotopic (exact) mass is 300 g/mol. The number of nitrogens with zero attached hydrogens (tertiary/aromatic N) is 3. The normalized spacial score (nSPS) is 16.4. The third-order valence-corrected chi connectivity index (χ3v) is 3.70. The fraction of sp³-hybridized carbons (Fsp3) is 0.312. The zero-order valence-corrected chi connectivity index (χ0v) is 12.3. The van der Waals surface area contributed by atoms with Crippen molar-refractivity contribution in [3.8, 4) is 5.75 Å². The van der Waals surface area contributed by atoms with E-state index in [1.54, 1.807) is 12.5 Å². The van der Waals surface area contributed by atoms with Crippen molar-refractivity contribution in [3.05, 3.63) is 48.4 Å². The Morgan fingerprint density at radius 1 is 1.41 bits per heavy atom. The van der Waals surface area contributed by atoms with E-state index in [-0.39, 0.29) is 12.1 Å². The first kappa shape index (κ1) is 13.1. The van der Waals surface area contributed by atoms with E-state index in [2.05, 4.69) is 20.2 Å². The molecular formula is C16H18N4O2. The van der Waals surface area contributed by atoms with Gasteiger partial charge in [-0.2, -0.15) is 0 Å². The lowest BCUT2D eigenvalue weighted by Gasteiger charge is -2.39. The van der Waals surface area contributed by atoms with Gasteiger partial charge in [-0.1, -0.05) is 12.1 Å². The number of benzene rings is 1. The largest absolute Gasteiger partial charge is 0.487 e. The molecule has 0 aliphatic carbocycles. The lowest BCUT2D eigenvalue weighted by molar-refractivity contribution is -0.110. The van der Waals surface area contributed by atoms with Gasteiger partial charge in [0.2, 0.25) is 6.39 Å². The topological polar surface area (TPSA) is 67.3 Å². The molecule has 2 heterocycles. The summed E-state index contributed by atoms with van der Waals surface area (Å²) in [7, 11) is 0. The SMILES string of the molecule is [3H]C(=O)N[C@@H](C)c1ccc(OC2CN(c3ccncn3)C2)cc1. The third kappa shape index (κ3) is 3.16. The van der Waals surface area contributed by atoms with E-state index in [1.165, 1.54) is 0 Å². The van der Waals surface area contributed by atoms with Crippen LogP contribution in [0.3, 0.4) is 0 Å². The van der Waals surface area contributed by atoms with Crippen LogP contribution >= 0.6 is 0 Å². The number of carbonyl (C=O) groups is 1. The molecule has 1 aromatic heterocycles. The van der Waals surface area contributed by atoms with Crippen LogP contribution < -0.4 is 15.0 Å². The fourth-order valence-electron chi connectivity index (χ4n) is 2.37. The average molecular weight is 300 g/mol. The number of hydrogen-bond acceptors (Lipinski definition) is 5. The highest BCUT2D eigenvalue weighted by Crippen LogP contribution is 2.23. The fourth-order valence-corrected chi connectivity index (χ4v) is 2.37. The second-order valence-electron chi connectivity index (χ2n) is 5.25. The van der Waals surface area contributed by atoms with E-state index >= 15 is 0 Å². The average Bonchev–Trinajstić information content (AvgIpc) is 2.51. The van der Waals surface area contributed by atoms with Crippen molar-refractivity contribution in [2.75, 3.05) is 18.0 Å². The van der Waals surface area contributed by atoms with E-state index in [0.717, 1.165) is 30.2 Å². The first-order valence-electron chi connectivity index (χ1n) is 7.66. The number of carbonyl (C=O) groups excluding carboxylic acids is 1. The zero-order valence-electron chi connectivity index (χ0n) is 13.3. The Kier molecular flexibility index (Phi) is 3.81. The molecule has 2 aromatic rings. The maximum atomic E-state index is 10.8. The van der Waals surface area contributed by atoms with Gasteiger partial charge in [0.1, 0.15) is 25.4 Å². The van der Waals surface area contributed by atoms with Gasteiger partial charge in [-0.05, 0) is 30.7 Å². The summed E-state index contributed by atoms with van der Waals surface area (Å²) in [5, 5.41) is 2.53. The van der Waals surface area contributed by atoms with Gasteiger partial charge in [-0.3, -0.25) is 4.79 Å². The first-order chi connectivity index (χ1) is 11.1. The van der Waals surface area contributed by atoms with Crippen molar-refractivity contribution in [1.82, 2.24) is 15.3 Å². The Morgan fingerprint density at radius 2 is 2.18 bits per heavy atom. The second-order valence-corrected chi connectivity index (χ2v) is 5.25. The highest BCUT2D eigenvalue weighted by atomic mass is 16.5. The number of rotatable bonds is 5. The highest BCUT2D eigenvalue weighted by molar-refractivity contribution is 5.48. The maximum absolute atomic E-state index is 10.8. The standard InChI is InChI=1S/C16H18N4O2/c1-12(19-11-21)13-2-4-14(5-3-13)22-15-8-20(9-15)16-6-7-17-10-18-16/h2-7,10-12,15H,8-9H2,1H3,(H,19,21)/t12-/m0/s1/i11T. The first-order valence-corrected chi connectivity index (χ1v) is 7.16. The number of anilines is 1. The van der Waals surface area contributed by atoms with Crippen molar-refractivity contribution in [1.29, 1.82) is 0 Å². The van der Waals surface area contributed by atoms with Crippen LogP contribution in [0.2, 0.25) is 0 Å². The van der Waals surface area contributed by atoms with E-state index in [1.807, 2.05) is 37.3 Å². The molecule has 1 N–H and O–H groups in total. The number of hydrogen-bond donors (Lipinski definition) is 1. The molecule has 3 rings (SSSR count). The van der Waals surface area contributed by atoms with Gasteiger partial charge in [0.15, 0.2) is 0 Å². The minimum absolute atomic E-state index is 0.140. The lowest BCUT2D eigenvalue weighted by Crippen LogP contribution is -2.54. The number of nitrogens with one attached hydrogen (secondary N) is 1. The summed E-state index contributed by atoms with van der Waals surface area (Å²) in [6.07, 6.45) is 2.63. The van der Waals surface area contributed by atoms with Crippen LogP contribution in [0.15, 0.2) is 42.9 Å². The van der Waals surface area contributed by atoms with Crippen LogP contribution in [-0.4, -0.2) is 35.5 Å². The van der Waals surface area contributed by atoms with Crippen LogP contribution in [0, 0.1) is 0 Å². The Morgan fingerprint density at radius 3 is 2.82 bits per heavy atom. The zero-order chi connectivity index (χ0) is 16.2. The molecule has 0 spiro atoms. The second kappa shape index (κ2) is 6.43. The summed E-state index contributed by atoms with van der Waals surface area (Å²) in [6.45, 7) is 3.43. The predicted molar refractivity (Wildman–Crippen MR) is 82.7 cm³/mol. The summed E-state index contributed by atoms with van der Waals surface area (Å²) < 4.78 is 12.8. The molecule has 1 aliphatic heterocycles. The molecule has 1 amide bonds. The molecule has 1 saturated heterocycles. The Hall–Kier alpha value is -2.63. The third-order valence-electron chi connectivity index (χ3n) is 3.70. The smallest absolute Gasteiger partial charge is 0.207 e. The molecule has 0 radical (unpaired) electrons. The molecule has 1 fully saturated rings. The van der Waals surface area contributed by atoms with Gasteiger partial charge >= 0.3 is 0 Å². The molecule has 114 valence electrons. The molecule has 6 nitrogen and oxygen atoms in total. The minimum Gasteiger partial charge on any atom is -0.487 e. The van der Waals surface area contributed by atoms with Crippen LogP contribution in [0.5, 0.6) is 5.75 Å². The van der Waals surface area contributed by atoms with Crippen LogP contribution in [-0.2, 0) is 4.79 Å². The van der Waals surface area contributed by atoms with E-state index in [0.29, 0.717) is 0 Å². The summed E-state index contributed by atoms with van der Waals surface area (Å²) in [5.74, 6) is 1.71. The van der Waals surface area contributed by atoms with Gasteiger partial charge in [0.25, 0.3) is 0 Å². The molecule has 1 aliphatic rings. The molecule has 6 heteroatoms. The Bertz CT molecular complexity index is 660. The summed E-state index contributed by atoms with van der Waals surface area (Å²) in [5.41, 5.74) is 0.939. The van der Waals surface area contributed by atoms with Gasteiger partial charge in [-0.25, -0.2) is 9.97 Å². The van der Waals surface area contributed by atoms with Crippen LogP contribution in [0.1, 0.15) is 19.9 Å². The lowest BCUT2D eigenvalue weighted by atomic mass is 10.1. The Labute approximate surface area is 130 Å². The van der Waals surface area contributed by atoms with Gasteiger partial charge < -0.3 is 15.0 Å². The van der Waals surface area contributed by atoms with Crippen molar-refractivity contribution < 1.29 is 10.9 Å². The van der Waals surface area contributed by atoms with Gasteiger partial charge in [0, 0.05) is 6.20 Å². The molecule has 22 heavy (non-hydrogen) atoms. The predicted octanol–water partition coefficient (Wildman–Crippen LogP) is 1.55. The Balaban J connectivity index is 1.51. The van der Waals surface area contributed by atoms with Crippen molar-refractivity contribution in [3.63, 3.8) is 0 Å². The quantitative estimate of drug-likeness (QED) is 0.849. The molecule has 0 bridgehead atoms. The molecule has 1 atom stereocenters. The van der Waals surface area contributed by atoms with E-state index in [9.17, 15) is 4.79 Å². The molecule has 0 saturated carbocycles. The minimum atomic E-state index is -0.780. The highest BCUT2D eigenvalue weighted by Gasteiger charge is 2.29. The number of aromatic nitrogens is 2. The van der Waals surface area contributed by atoms with Crippen LogP contribution in [0.25, 0.3) is 0 Å². The van der Waals surface area contributed by atoms with Crippen LogP contribution in [0.4, 0.5) is 5.82 Å². The summed E-state index contributed by atoms with van der Waals surface area (Å²) in [4.78, 5) is 21.0. The molecular weight excluding hydrogens is 280 g/mol. The summed E-state index contributed by atoms with van der Waals surface area (Å²) in [6, 6.07) is 9.26. The van der Waals surface area contributed by atoms with E-state index in [4.69, 9.17) is 6.11 Å². The number of ether oxygens (including phenoxy) is 1. The number of amides is 1. The van der Waals surface area contributed by atoms with E-state index < -0.39 is 6.39 Å². The van der Waals surface area contributed by atoms with Gasteiger partial charge in [-0.15, -0.1) is 0 Å².